The summed E-state index contributed by atoms with van der Waals surface area (Å²) >= 11 is 6.11. The monoisotopic (exact) mass is 461 g/mol. The Balaban J connectivity index is 1.72. The van der Waals surface area contributed by atoms with Crippen LogP contribution in [0.25, 0.3) is 0 Å². The van der Waals surface area contributed by atoms with E-state index in [1.165, 1.54) is 16.4 Å². The zero-order valence-electron chi connectivity index (χ0n) is 15.7. The molecule has 0 aliphatic carbocycles. The number of anilines is 1. The lowest BCUT2D eigenvalue weighted by Gasteiger charge is -2.34. The average Bonchev–Trinajstić information content (AvgIpc) is 2.66. The Morgan fingerprint density at radius 1 is 1.03 bits per heavy atom. The van der Waals surface area contributed by atoms with Gasteiger partial charge >= 0.3 is 6.18 Å². The largest absolute Gasteiger partial charge is 0.418 e. The first kappa shape index (κ1) is 22.5. The zero-order chi connectivity index (χ0) is 21.9. The van der Waals surface area contributed by atoms with E-state index in [1.54, 1.807) is 24.3 Å². The molecule has 1 saturated heterocycles. The van der Waals surface area contributed by atoms with Crippen LogP contribution in [0.5, 0.6) is 0 Å². The first-order chi connectivity index (χ1) is 14.1. The topological polar surface area (TPSA) is 69.7 Å². The molecule has 0 unspecified atom stereocenters. The molecule has 2 aromatic carbocycles. The van der Waals surface area contributed by atoms with E-state index >= 15 is 0 Å². The summed E-state index contributed by atoms with van der Waals surface area (Å²) in [6.07, 6.45) is -4.18. The molecule has 1 heterocycles. The fraction of sp³-hybridized carbons (Fsp3) is 0.316. The van der Waals surface area contributed by atoms with Gasteiger partial charge in [0.25, 0.3) is 10.2 Å². The van der Waals surface area contributed by atoms with Gasteiger partial charge in [-0.25, -0.2) is 0 Å². The van der Waals surface area contributed by atoms with Crippen LogP contribution in [-0.2, 0) is 27.7 Å². The molecule has 0 aromatic heterocycles. The third-order valence-corrected chi connectivity index (χ3v) is 6.90. The average molecular weight is 462 g/mol. The summed E-state index contributed by atoms with van der Waals surface area (Å²) in [4.78, 5) is 12.3. The standard InChI is InChI=1S/C19H19ClF3N3O3S/c20-16-8-3-1-6-14(16)12-25-10-5-11-26(30(25,28)29)13-18(27)24-17-9-4-2-7-15(17)19(21,22)23/h1-4,6-9H,5,10-13H2,(H,24,27). The maximum Gasteiger partial charge on any atom is 0.418 e. The second kappa shape index (κ2) is 8.93. The lowest BCUT2D eigenvalue weighted by molar-refractivity contribution is -0.137. The number of carbonyl (C=O) groups is 1. The highest BCUT2D eigenvalue weighted by Crippen LogP contribution is 2.34. The quantitative estimate of drug-likeness (QED) is 0.737. The first-order valence-corrected chi connectivity index (χ1v) is 10.8. The van der Waals surface area contributed by atoms with E-state index in [0.29, 0.717) is 17.0 Å². The van der Waals surface area contributed by atoms with Gasteiger partial charge in [0.1, 0.15) is 0 Å². The van der Waals surface area contributed by atoms with E-state index in [-0.39, 0.29) is 19.6 Å². The predicted octanol–water partition coefficient (Wildman–Crippen LogP) is 3.75. The number of nitrogens with one attached hydrogen (secondary N) is 1. The third kappa shape index (κ3) is 5.12. The van der Waals surface area contributed by atoms with Crippen LogP contribution in [0.3, 0.4) is 0 Å². The van der Waals surface area contributed by atoms with Crippen molar-refractivity contribution in [1.29, 1.82) is 0 Å². The minimum absolute atomic E-state index is 0.0387. The normalized spacial score (nSPS) is 17.6. The van der Waals surface area contributed by atoms with Crippen molar-refractivity contribution in [2.75, 3.05) is 25.0 Å². The van der Waals surface area contributed by atoms with Gasteiger partial charge in [0, 0.05) is 24.7 Å². The molecule has 1 N–H and O–H groups in total. The summed E-state index contributed by atoms with van der Waals surface area (Å²) in [6.45, 7) is -0.206. The summed E-state index contributed by atoms with van der Waals surface area (Å²) < 4.78 is 67.2. The molecule has 162 valence electrons. The molecule has 0 radical (unpaired) electrons. The smallest absolute Gasteiger partial charge is 0.324 e. The predicted molar refractivity (Wildman–Crippen MR) is 107 cm³/mol. The van der Waals surface area contributed by atoms with Crippen LogP contribution in [0.2, 0.25) is 5.02 Å². The minimum Gasteiger partial charge on any atom is -0.324 e. The lowest BCUT2D eigenvalue weighted by atomic mass is 10.1. The molecule has 0 atom stereocenters. The van der Waals surface area contributed by atoms with Gasteiger partial charge < -0.3 is 5.32 Å². The van der Waals surface area contributed by atoms with E-state index in [4.69, 9.17) is 11.6 Å². The molecule has 0 bridgehead atoms. The molecule has 0 saturated carbocycles. The van der Waals surface area contributed by atoms with Crippen LogP contribution in [0, 0.1) is 0 Å². The fourth-order valence-electron chi connectivity index (χ4n) is 3.14. The van der Waals surface area contributed by atoms with E-state index in [2.05, 4.69) is 5.32 Å². The van der Waals surface area contributed by atoms with Crippen molar-refractivity contribution in [2.45, 2.75) is 19.1 Å². The molecule has 2 aromatic rings. The second-order valence-corrected chi connectivity index (χ2v) is 9.05. The van der Waals surface area contributed by atoms with Gasteiger partial charge in [-0.2, -0.15) is 30.2 Å². The number of para-hydroxylation sites is 1. The number of carbonyl (C=O) groups excluding carboxylic acids is 1. The Kier molecular flexibility index (Phi) is 6.71. The van der Waals surface area contributed by atoms with E-state index < -0.39 is 40.1 Å². The van der Waals surface area contributed by atoms with Gasteiger partial charge in [-0.05, 0) is 30.2 Å². The van der Waals surface area contributed by atoms with Gasteiger partial charge in [-0.1, -0.05) is 41.9 Å². The van der Waals surface area contributed by atoms with E-state index in [0.717, 1.165) is 16.4 Å². The van der Waals surface area contributed by atoms with Crippen LogP contribution in [-0.4, -0.2) is 42.6 Å². The summed E-state index contributed by atoms with van der Waals surface area (Å²) in [5.41, 5.74) is -0.800. The van der Waals surface area contributed by atoms with Crippen LogP contribution >= 0.6 is 11.6 Å². The summed E-state index contributed by atoms with van der Waals surface area (Å²) in [5.74, 6) is -0.852. The summed E-state index contributed by atoms with van der Waals surface area (Å²) in [7, 11) is -3.98. The fourth-order valence-corrected chi connectivity index (χ4v) is 4.97. The van der Waals surface area contributed by atoms with Gasteiger partial charge in [-0.15, -0.1) is 0 Å². The molecule has 30 heavy (non-hydrogen) atoms. The van der Waals surface area contributed by atoms with Crippen molar-refractivity contribution in [2.24, 2.45) is 0 Å². The Hall–Kier alpha value is -2.14. The van der Waals surface area contributed by atoms with Crippen LogP contribution in [0.1, 0.15) is 17.5 Å². The van der Waals surface area contributed by atoms with E-state index in [1.807, 2.05) is 0 Å². The van der Waals surface area contributed by atoms with Crippen molar-refractivity contribution in [3.8, 4) is 0 Å². The number of rotatable bonds is 5. The summed E-state index contributed by atoms with van der Waals surface area (Å²) in [6, 6.07) is 11.4. The van der Waals surface area contributed by atoms with Crippen LogP contribution < -0.4 is 5.32 Å². The number of amides is 1. The molecular formula is C19H19ClF3N3O3S. The lowest BCUT2D eigenvalue weighted by Crippen LogP contribution is -2.51. The van der Waals surface area contributed by atoms with Crippen LogP contribution in [0.15, 0.2) is 48.5 Å². The first-order valence-electron chi connectivity index (χ1n) is 9.04. The maximum atomic E-state index is 13.1. The Morgan fingerprint density at radius 3 is 2.37 bits per heavy atom. The number of hydrogen-bond acceptors (Lipinski definition) is 3. The molecule has 6 nitrogen and oxygen atoms in total. The molecule has 1 aliphatic heterocycles. The molecule has 3 rings (SSSR count). The number of hydrogen-bond donors (Lipinski definition) is 1. The number of nitrogens with zero attached hydrogens (tertiary/aromatic N) is 2. The SMILES string of the molecule is O=C(CN1CCCN(Cc2ccccc2Cl)S1(=O)=O)Nc1ccccc1C(F)(F)F. The minimum atomic E-state index is -4.65. The highest BCUT2D eigenvalue weighted by atomic mass is 35.5. The Morgan fingerprint density at radius 2 is 1.67 bits per heavy atom. The highest BCUT2D eigenvalue weighted by Gasteiger charge is 2.36. The van der Waals surface area contributed by atoms with Gasteiger partial charge in [0.2, 0.25) is 5.91 Å². The van der Waals surface area contributed by atoms with Crippen molar-refractivity contribution in [3.63, 3.8) is 0 Å². The van der Waals surface area contributed by atoms with Gasteiger partial charge in [0.15, 0.2) is 0 Å². The van der Waals surface area contributed by atoms with Crippen LogP contribution in [0.4, 0.5) is 18.9 Å². The van der Waals surface area contributed by atoms with E-state index in [9.17, 15) is 26.4 Å². The molecular weight excluding hydrogens is 443 g/mol. The third-order valence-electron chi connectivity index (χ3n) is 4.60. The molecule has 1 amide bonds. The molecule has 1 fully saturated rings. The van der Waals surface area contributed by atoms with Crippen molar-refractivity contribution < 1.29 is 26.4 Å². The van der Waals surface area contributed by atoms with Crippen molar-refractivity contribution in [1.82, 2.24) is 8.61 Å². The Bertz CT molecular complexity index is 1030. The van der Waals surface area contributed by atoms with Crippen molar-refractivity contribution in [3.05, 3.63) is 64.7 Å². The number of alkyl halides is 3. The maximum absolute atomic E-state index is 13.1. The zero-order valence-corrected chi connectivity index (χ0v) is 17.3. The van der Waals surface area contributed by atoms with Crippen molar-refractivity contribution >= 4 is 33.4 Å². The van der Waals surface area contributed by atoms with Gasteiger partial charge in [0.05, 0.1) is 17.8 Å². The molecule has 0 spiro atoms. The van der Waals surface area contributed by atoms with Gasteiger partial charge in [-0.3, -0.25) is 4.79 Å². The summed E-state index contributed by atoms with van der Waals surface area (Å²) in [5, 5.41) is 2.59. The number of benzene rings is 2. The highest BCUT2D eigenvalue weighted by molar-refractivity contribution is 7.86. The second-order valence-electron chi connectivity index (χ2n) is 6.71. The number of halogens is 4. The molecule has 1 aliphatic rings. The Labute approximate surface area is 177 Å². The molecule has 11 heteroatoms.